The van der Waals surface area contributed by atoms with Gasteiger partial charge in [0.2, 0.25) is 0 Å². The average Bonchev–Trinajstić information content (AvgIpc) is 3.01. The fourth-order valence-corrected chi connectivity index (χ4v) is 2.43. The molecule has 1 aliphatic rings. The molecule has 1 aliphatic heterocycles. The van der Waals surface area contributed by atoms with E-state index in [0.717, 1.165) is 25.3 Å². The van der Waals surface area contributed by atoms with Gasteiger partial charge in [0.25, 0.3) is 5.91 Å². The number of rotatable bonds is 2. The molecule has 0 saturated carbocycles. The van der Waals surface area contributed by atoms with Gasteiger partial charge in [-0.3, -0.25) is 4.79 Å². The minimum atomic E-state index is 0. The third kappa shape index (κ3) is 3.76. The third-order valence-corrected chi connectivity index (χ3v) is 3.54. The lowest BCUT2D eigenvalue weighted by Gasteiger charge is -2.34. The van der Waals surface area contributed by atoms with Crippen molar-refractivity contribution in [3.8, 4) is 5.69 Å². The van der Waals surface area contributed by atoms with E-state index in [9.17, 15) is 4.79 Å². The van der Waals surface area contributed by atoms with E-state index in [4.69, 9.17) is 0 Å². The molecular weight excluding hydrogens is 325 g/mol. The Hall–Kier alpha value is -1.63. The van der Waals surface area contributed by atoms with E-state index in [-0.39, 0.29) is 36.8 Å². The minimum absolute atomic E-state index is 0. The fraction of sp³-hybridized carbons (Fsp3) is 0.357. The largest absolute Gasteiger partial charge is 0.333 e. The van der Waals surface area contributed by atoms with Gasteiger partial charge in [0.05, 0.1) is 5.69 Å². The molecule has 1 amide bonds. The Morgan fingerprint density at radius 2 is 2.18 bits per heavy atom. The van der Waals surface area contributed by atoms with Crippen LogP contribution in [-0.2, 0) is 0 Å². The molecule has 1 atom stereocenters. The summed E-state index contributed by atoms with van der Waals surface area (Å²) < 4.78 is 1.65. The van der Waals surface area contributed by atoms with Gasteiger partial charge < -0.3 is 10.2 Å². The zero-order valence-corrected chi connectivity index (χ0v) is 13.8. The molecule has 0 aliphatic carbocycles. The molecule has 0 spiro atoms. The van der Waals surface area contributed by atoms with Crippen molar-refractivity contribution in [2.75, 3.05) is 19.6 Å². The number of hydrogen-bond acceptors (Lipinski definition) is 4. The molecule has 1 aromatic heterocycles. The van der Waals surface area contributed by atoms with Crippen molar-refractivity contribution in [2.45, 2.75) is 13.0 Å². The molecule has 1 fully saturated rings. The highest BCUT2D eigenvalue weighted by Crippen LogP contribution is 2.14. The summed E-state index contributed by atoms with van der Waals surface area (Å²) in [6, 6.07) is 7.69. The molecule has 0 unspecified atom stereocenters. The fourth-order valence-electron chi connectivity index (χ4n) is 2.43. The number of nitrogens with zero attached hydrogens (tertiary/aromatic N) is 4. The molecule has 3 rings (SSSR count). The van der Waals surface area contributed by atoms with Crippen LogP contribution in [0.25, 0.3) is 5.69 Å². The normalized spacial score (nSPS) is 17.3. The Labute approximate surface area is 141 Å². The summed E-state index contributed by atoms with van der Waals surface area (Å²) in [6.45, 7) is 4.49. The van der Waals surface area contributed by atoms with E-state index >= 15 is 0 Å². The quantitative estimate of drug-likeness (QED) is 0.898. The molecule has 0 radical (unpaired) electrons. The zero-order chi connectivity index (χ0) is 13.9. The van der Waals surface area contributed by atoms with Crippen molar-refractivity contribution in [1.29, 1.82) is 0 Å². The summed E-state index contributed by atoms with van der Waals surface area (Å²) in [6.07, 6.45) is 3.10. The van der Waals surface area contributed by atoms with Gasteiger partial charge in [-0.2, -0.15) is 5.10 Å². The smallest absolute Gasteiger partial charge is 0.254 e. The van der Waals surface area contributed by atoms with Crippen LogP contribution in [0.4, 0.5) is 0 Å². The Bertz CT molecular complexity index is 605. The Morgan fingerprint density at radius 3 is 2.86 bits per heavy atom. The van der Waals surface area contributed by atoms with E-state index < -0.39 is 0 Å². The summed E-state index contributed by atoms with van der Waals surface area (Å²) in [5.41, 5.74) is 1.53. The van der Waals surface area contributed by atoms with Gasteiger partial charge >= 0.3 is 0 Å². The molecule has 0 bridgehead atoms. The van der Waals surface area contributed by atoms with Crippen LogP contribution in [0.3, 0.4) is 0 Å². The summed E-state index contributed by atoms with van der Waals surface area (Å²) in [5, 5.41) is 7.37. The second kappa shape index (κ2) is 8.12. The lowest BCUT2D eigenvalue weighted by molar-refractivity contribution is 0.0655. The minimum Gasteiger partial charge on any atom is -0.333 e. The van der Waals surface area contributed by atoms with E-state index in [1.54, 1.807) is 11.0 Å². The highest BCUT2D eigenvalue weighted by molar-refractivity contribution is 5.95. The van der Waals surface area contributed by atoms with Crippen LogP contribution in [0.5, 0.6) is 0 Å². The lowest BCUT2D eigenvalue weighted by Crippen LogP contribution is -2.52. The molecule has 1 saturated heterocycles. The maximum Gasteiger partial charge on any atom is 0.254 e. The van der Waals surface area contributed by atoms with Crippen LogP contribution < -0.4 is 5.32 Å². The van der Waals surface area contributed by atoms with Gasteiger partial charge in [-0.05, 0) is 25.1 Å². The van der Waals surface area contributed by atoms with Crippen molar-refractivity contribution >= 4 is 30.7 Å². The van der Waals surface area contributed by atoms with Crippen LogP contribution in [0.1, 0.15) is 17.3 Å². The SMILES string of the molecule is C[C@@H]1CNCCN1C(=O)c1cccc(-n2cncn2)c1.Cl.Cl. The topological polar surface area (TPSA) is 63.1 Å². The van der Waals surface area contributed by atoms with Crippen molar-refractivity contribution in [1.82, 2.24) is 25.0 Å². The predicted molar refractivity (Wildman–Crippen MR) is 89.2 cm³/mol. The van der Waals surface area contributed by atoms with E-state index in [1.165, 1.54) is 6.33 Å². The maximum absolute atomic E-state index is 12.6. The Balaban J connectivity index is 0.00000121. The number of nitrogens with one attached hydrogen (secondary N) is 1. The van der Waals surface area contributed by atoms with Crippen molar-refractivity contribution in [2.24, 2.45) is 0 Å². The second-order valence-corrected chi connectivity index (χ2v) is 4.94. The molecule has 120 valence electrons. The highest BCUT2D eigenvalue weighted by atomic mass is 35.5. The first-order chi connectivity index (χ1) is 9.75. The number of aromatic nitrogens is 3. The van der Waals surface area contributed by atoms with Crippen LogP contribution in [0, 0.1) is 0 Å². The molecule has 6 nitrogen and oxygen atoms in total. The van der Waals surface area contributed by atoms with Gasteiger partial charge in [-0.25, -0.2) is 9.67 Å². The van der Waals surface area contributed by atoms with Crippen LogP contribution in [-0.4, -0.2) is 51.2 Å². The molecule has 22 heavy (non-hydrogen) atoms. The van der Waals surface area contributed by atoms with Gasteiger partial charge in [0.15, 0.2) is 0 Å². The molecule has 1 N–H and O–H groups in total. The van der Waals surface area contributed by atoms with Gasteiger partial charge in [-0.1, -0.05) is 6.07 Å². The molecule has 8 heteroatoms. The highest BCUT2D eigenvalue weighted by Gasteiger charge is 2.24. The number of carbonyl (C=O) groups excluding carboxylic acids is 1. The van der Waals surface area contributed by atoms with Gasteiger partial charge in [0.1, 0.15) is 12.7 Å². The van der Waals surface area contributed by atoms with E-state index in [1.807, 2.05) is 29.2 Å². The Kier molecular flexibility index (Phi) is 6.80. The summed E-state index contributed by atoms with van der Waals surface area (Å²) in [4.78, 5) is 18.4. The second-order valence-electron chi connectivity index (χ2n) is 4.94. The molecule has 2 heterocycles. The first kappa shape index (κ1) is 18.4. The van der Waals surface area contributed by atoms with Crippen LogP contribution >= 0.6 is 24.8 Å². The summed E-state index contributed by atoms with van der Waals surface area (Å²) in [5.74, 6) is 0.0703. The number of piperazine rings is 1. The molecule has 1 aromatic carbocycles. The number of hydrogen-bond donors (Lipinski definition) is 1. The summed E-state index contributed by atoms with van der Waals surface area (Å²) >= 11 is 0. The lowest BCUT2D eigenvalue weighted by atomic mass is 10.1. The zero-order valence-electron chi connectivity index (χ0n) is 12.2. The van der Waals surface area contributed by atoms with Crippen LogP contribution in [0.2, 0.25) is 0 Å². The van der Waals surface area contributed by atoms with E-state index in [2.05, 4.69) is 22.3 Å². The summed E-state index contributed by atoms with van der Waals surface area (Å²) in [7, 11) is 0. The predicted octanol–water partition coefficient (Wildman–Crippen LogP) is 1.54. The monoisotopic (exact) mass is 343 g/mol. The van der Waals surface area contributed by atoms with Gasteiger partial charge in [0, 0.05) is 31.2 Å². The Morgan fingerprint density at radius 1 is 1.36 bits per heavy atom. The van der Waals surface area contributed by atoms with E-state index in [0.29, 0.717) is 5.56 Å². The maximum atomic E-state index is 12.6. The van der Waals surface area contributed by atoms with Crippen molar-refractivity contribution < 1.29 is 4.79 Å². The first-order valence-electron chi connectivity index (χ1n) is 6.72. The molecule has 2 aromatic rings. The third-order valence-electron chi connectivity index (χ3n) is 3.54. The van der Waals surface area contributed by atoms with Crippen molar-refractivity contribution in [3.63, 3.8) is 0 Å². The standard InChI is InChI=1S/C14H17N5O.2ClH/c1-11-8-15-5-6-18(11)14(20)12-3-2-4-13(7-12)19-10-16-9-17-19;;/h2-4,7,9-11,15H,5-6,8H2,1H3;2*1H/t11-;;/m1../s1. The number of halogens is 2. The van der Waals surface area contributed by atoms with Gasteiger partial charge in [-0.15, -0.1) is 24.8 Å². The number of carbonyl (C=O) groups is 1. The van der Waals surface area contributed by atoms with Crippen LogP contribution in [0.15, 0.2) is 36.9 Å². The van der Waals surface area contributed by atoms with Crippen molar-refractivity contribution in [3.05, 3.63) is 42.5 Å². The first-order valence-corrected chi connectivity index (χ1v) is 6.72. The number of benzene rings is 1. The number of amides is 1. The molecular formula is C14H19Cl2N5O. The average molecular weight is 344 g/mol.